The van der Waals surface area contributed by atoms with Gasteiger partial charge in [-0.05, 0) is 33.1 Å². The third kappa shape index (κ3) is 7.20. The number of carbonyl (C=O) groups is 2. The Morgan fingerprint density at radius 1 is 1.14 bits per heavy atom. The fourth-order valence-corrected chi connectivity index (χ4v) is 2.80. The summed E-state index contributed by atoms with van der Waals surface area (Å²) < 4.78 is 0. The molecule has 22 heavy (non-hydrogen) atoms. The first-order valence-electron chi connectivity index (χ1n) is 8.15. The smallest absolute Gasteiger partial charge is 0.234 e. The van der Waals surface area contributed by atoms with Gasteiger partial charge in [0, 0.05) is 31.6 Å². The van der Waals surface area contributed by atoms with Crippen molar-refractivity contribution in [2.75, 3.05) is 26.2 Å². The number of piperidine rings is 1. The van der Waals surface area contributed by atoms with E-state index >= 15 is 0 Å². The second-order valence-electron chi connectivity index (χ2n) is 5.98. The summed E-state index contributed by atoms with van der Waals surface area (Å²) in [6.45, 7) is 6.07. The largest absolute Gasteiger partial charge is 0.356 e. The van der Waals surface area contributed by atoms with E-state index < -0.39 is 0 Å². The van der Waals surface area contributed by atoms with Gasteiger partial charge in [0.05, 0.1) is 13.2 Å². The monoisotopic (exact) mass is 319 g/mol. The van der Waals surface area contributed by atoms with Crippen molar-refractivity contribution in [3.05, 3.63) is 0 Å². The number of nitrogens with two attached hydrogens (primary N) is 1. The Morgan fingerprint density at radius 3 is 2.41 bits per heavy atom. The molecule has 0 aromatic carbocycles. The van der Waals surface area contributed by atoms with E-state index in [-0.39, 0.29) is 11.8 Å². The van der Waals surface area contributed by atoms with Gasteiger partial charge in [-0.15, -0.1) is 0 Å². The Morgan fingerprint density at radius 2 is 1.77 bits per heavy atom. The summed E-state index contributed by atoms with van der Waals surface area (Å²) >= 11 is 0. The number of rotatable bonds is 9. The number of nitrogens with one attached hydrogen (secondary N) is 2. The first-order chi connectivity index (χ1) is 10.5. The van der Waals surface area contributed by atoms with Crippen molar-refractivity contribution in [1.29, 1.82) is 0 Å². The molecule has 1 aliphatic heterocycles. The van der Waals surface area contributed by atoms with Gasteiger partial charge in [0.2, 0.25) is 11.8 Å². The van der Waals surface area contributed by atoms with Crippen molar-refractivity contribution in [3.8, 4) is 0 Å². The molecule has 0 aliphatic carbocycles. The Labute approximate surface area is 132 Å². The highest BCUT2D eigenvalue weighted by atomic mass is 16.6. The van der Waals surface area contributed by atoms with Gasteiger partial charge >= 0.3 is 0 Å². The van der Waals surface area contributed by atoms with Crippen LogP contribution >= 0.6 is 0 Å². The zero-order valence-electron chi connectivity index (χ0n) is 13.8. The van der Waals surface area contributed by atoms with Crippen LogP contribution in [-0.2, 0) is 14.4 Å². The van der Waals surface area contributed by atoms with Gasteiger partial charge in [-0.1, -0.05) is 6.42 Å². The molecule has 0 radical (unpaired) electrons. The molecular weight excluding hydrogens is 289 g/mol. The second-order valence-corrected chi connectivity index (χ2v) is 5.98. The minimum Gasteiger partial charge on any atom is -0.356 e. The summed E-state index contributed by atoms with van der Waals surface area (Å²) in [6, 6.07) is 0.894. The normalized spacial score (nSPS) is 22.3. The predicted octanol–water partition coefficient (Wildman–Crippen LogP) is 0.152. The lowest BCUT2D eigenvalue weighted by Gasteiger charge is -2.38. The van der Waals surface area contributed by atoms with E-state index in [2.05, 4.69) is 34.2 Å². The van der Waals surface area contributed by atoms with Crippen LogP contribution in [0.3, 0.4) is 0 Å². The average molecular weight is 319 g/mol. The summed E-state index contributed by atoms with van der Waals surface area (Å²) in [4.78, 5) is 30.2. The highest BCUT2D eigenvalue weighted by Crippen LogP contribution is 2.21. The Kier molecular flexibility index (Phi) is 9.03. The average Bonchev–Trinajstić information content (AvgIpc) is 2.48. The molecule has 1 fully saturated rings. The SMILES string of the molecule is [13CH3][13C@@H]1CCC[13C@H]([13CH3])[15N]1CC(=O)NCCC(=O)NCCCON. The predicted molar refractivity (Wildman–Crippen MR) is 84.9 cm³/mol. The van der Waals surface area contributed by atoms with Crippen molar-refractivity contribution < 1.29 is 14.4 Å². The van der Waals surface area contributed by atoms with Gasteiger partial charge in [-0.2, -0.15) is 0 Å². The lowest BCUT2D eigenvalue weighted by Crippen LogP contribution is -2.49. The van der Waals surface area contributed by atoms with Crippen molar-refractivity contribution in [2.45, 2.75) is 58.0 Å². The number of nitrogens with zero attached hydrogens (tertiary/aromatic N) is 1. The van der Waals surface area contributed by atoms with Crippen LogP contribution in [-0.4, -0.2) is 55.0 Å². The number of hydrogen-bond donors (Lipinski definition) is 3. The fourth-order valence-electron chi connectivity index (χ4n) is 2.80. The summed E-state index contributed by atoms with van der Waals surface area (Å²) in [7, 11) is 0. The maximum absolute atomic E-state index is 12.0. The van der Waals surface area contributed by atoms with E-state index in [0.717, 1.165) is 12.8 Å². The van der Waals surface area contributed by atoms with Gasteiger partial charge in [-0.3, -0.25) is 14.5 Å². The highest BCUT2D eigenvalue weighted by molar-refractivity contribution is 5.80. The molecule has 7 heteroatoms. The van der Waals surface area contributed by atoms with E-state index in [1.165, 1.54) is 6.42 Å². The van der Waals surface area contributed by atoms with Gasteiger partial charge in [0.15, 0.2) is 0 Å². The molecule has 0 aromatic heterocycles. The summed E-state index contributed by atoms with van der Waals surface area (Å²) in [6.07, 6.45) is 4.49. The molecule has 128 valence electrons. The molecule has 1 aliphatic rings. The second kappa shape index (κ2) is 10.5. The molecule has 0 aromatic rings. The number of amides is 2. The van der Waals surface area contributed by atoms with Crippen LogP contribution in [0.4, 0.5) is 0 Å². The maximum atomic E-state index is 12.0. The van der Waals surface area contributed by atoms with Crippen LogP contribution in [0.5, 0.6) is 0 Å². The third-order valence-corrected chi connectivity index (χ3v) is 4.14. The lowest BCUT2D eigenvalue weighted by atomic mass is 10.3. The van der Waals surface area contributed by atoms with E-state index in [1.54, 1.807) is 0 Å². The van der Waals surface area contributed by atoms with Gasteiger partial charge in [-0.25, -0.2) is 5.90 Å². The minimum atomic E-state index is -0.0722. The third-order valence-electron chi connectivity index (χ3n) is 4.14. The van der Waals surface area contributed by atoms with Crippen molar-refractivity contribution in [1.82, 2.24) is 15.5 Å². The van der Waals surface area contributed by atoms with Crippen LogP contribution in [0.2, 0.25) is 0 Å². The number of hydrogen-bond acceptors (Lipinski definition) is 5. The topological polar surface area (TPSA) is 96.7 Å². The molecule has 0 unspecified atom stereocenters. The van der Waals surface area contributed by atoms with Crippen molar-refractivity contribution in [2.24, 2.45) is 5.90 Å². The molecule has 4 N–H and O–H groups in total. The van der Waals surface area contributed by atoms with E-state index in [9.17, 15) is 9.59 Å². The zero-order valence-corrected chi connectivity index (χ0v) is 13.8. The van der Waals surface area contributed by atoms with Crippen molar-refractivity contribution in [3.63, 3.8) is 0 Å². The van der Waals surface area contributed by atoms with Crippen LogP contribution in [0.25, 0.3) is 0 Å². The van der Waals surface area contributed by atoms with Crippen LogP contribution in [0.1, 0.15) is 46.0 Å². The van der Waals surface area contributed by atoms with Crippen LogP contribution in [0.15, 0.2) is 0 Å². The zero-order chi connectivity index (χ0) is 16.4. The Hall–Kier alpha value is -1.18. The molecule has 1 heterocycles. The van der Waals surface area contributed by atoms with E-state index in [0.29, 0.717) is 51.2 Å². The van der Waals surface area contributed by atoms with Gasteiger partial charge in [0.1, 0.15) is 0 Å². The molecule has 1 rings (SSSR count). The number of carbonyl (C=O) groups excluding carboxylic acids is 2. The van der Waals surface area contributed by atoms with Crippen LogP contribution in [0, 0.1) is 0 Å². The fraction of sp³-hybridized carbons (Fsp3) is 0.867. The molecule has 2 atom stereocenters. The molecular formula is C15H30N4O3. The molecule has 7 nitrogen and oxygen atoms in total. The molecule has 0 saturated carbocycles. The van der Waals surface area contributed by atoms with E-state index in [4.69, 9.17) is 5.90 Å². The Bertz CT molecular complexity index is 342. The molecule has 0 spiro atoms. The first kappa shape index (κ1) is 18.9. The summed E-state index contributed by atoms with van der Waals surface area (Å²) in [5.41, 5.74) is 0. The standard InChI is InChI=1S/C15H30N4O3/c1-12-5-3-6-13(2)19(12)11-15(21)18-9-7-14(20)17-8-4-10-22-16/h12-13H,3-11,16H2,1-2H3,(H,17,20)(H,18,21)/t12-,13+/i1+1,2+1,12+1,13+1,19+1. The van der Waals surface area contributed by atoms with Crippen molar-refractivity contribution >= 4 is 11.8 Å². The maximum Gasteiger partial charge on any atom is 0.234 e. The van der Waals surface area contributed by atoms with Gasteiger partial charge in [0.25, 0.3) is 0 Å². The Balaban J connectivity index is 2.13. The summed E-state index contributed by atoms with van der Waals surface area (Å²) in [5.74, 6) is 4.81. The summed E-state index contributed by atoms with van der Waals surface area (Å²) in [5, 5.41) is 5.57. The molecule has 1 saturated heterocycles. The van der Waals surface area contributed by atoms with Crippen LogP contribution < -0.4 is 16.5 Å². The first-order valence-corrected chi connectivity index (χ1v) is 8.15. The molecule has 2 amide bonds. The van der Waals surface area contributed by atoms with E-state index in [1.807, 2.05) is 0 Å². The quantitative estimate of drug-likeness (QED) is 0.243. The minimum absolute atomic E-state index is 0.00932. The lowest BCUT2D eigenvalue weighted by molar-refractivity contribution is -0.124. The molecule has 0 bridgehead atoms. The highest BCUT2D eigenvalue weighted by Gasteiger charge is 2.26. The number of likely N-dealkylation sites (tertiary alicyclic amines) is 1. The van der Waals surface area contributed by atoms with Gasteiger partial charge < -0.3 is 15.5 Å².